The number of rotatable bonds is 2. The van der Waals surface area contributed by atoms with Crippen molar-refractivity contribution in [2.75, 3.05) is 13.1 Å². The Morgan fingerprint density at radius 1 is 1.14 bits per heavy atom. The highest BCUT2D eigenvalue weighted by atomic mass is 79.9. The number of carbonyl (C=O) groups excluding carboxylic acids is 1. The quantitative estimate of drug-likeness (QED) is 0.580. The van der Waals surface area contributed by atoms with Gasteiger partial charge in [0.25, 0.3) is 0 Å². The van der Waals surface area contributed by atoms with Crippen LogP contribution in [0.2, 0.25) is 0 Å². The Kier molecular flexibility index (Phi) is 4.91. The Bertz CT molecular complexity index is 996. The molecule has 0 saturated carbocycles. The molecule has 1 fully saturated rings. The second-order valence-electron chi connectivity index (χ2n) is 8.13. The van der Waals surface area contributed by atoms with Crippen LogP contribution in [-0.2, 0) is 4.74 Å². The monoisotopic (exact) mass is 445 g/mol. The van der Waals surface area contributed by atoms with Crippen LogP contribution in [0.4, 0.5) is 4.79 Å². The first kappa shape index (κ1) is 19.0. The molecule has 8 heteroatoms. The maximum absolute atomic E-state index is 12.2. The summed E-state index contributed by atoms with van der Waals surface area (Å²) < 4.78 is 10.4. The summed E-state index contributed by atoms with van der Waals surface area (Å²) >= 11 is 3.51. The van der Waals surface area contributed by atoms with E-state index in [1.54, 1.807) is 11.1 Å². The van der Waals surface area contributed by atoms with Crippen molar-refractivity contribution in [3.63, 3.8) is 0 Å². The van der Waals surface area contributed by atoms with Gasteiger partial charge in [0.2, 0.25) is 0 Å². The van der Waals surface area contributed by atoms with Gasteiger partial charge in [-0.2, -0.15) is 5.10 Å². The van der Waals surface area contributed by atoms with Crippen LogP contribution in [0.1, 0.15) is 39.7 Å². The molecule has 0 atom stereocenters. The average Bonchev–Trinajstić information content (AvgIpc) is 3.28. The Balaban J connectivity index is 1.43. The molecule has 148 valence electrons. The third kappa shape index (κ3) is 3.92. The smallest absolute Gasteiger partial charge is 0.410 e. The predicted octanol–water partition coefficient (Wildman–Crippen LogP) is 4.53. The normalized spacial score (nSPS) is 15.9. The molecular weight excluding hydrogens is 422 g/mol. The summed E-state index contributed by atoms with van der Waals surface area (Å²) in [4.78, 5) is 18.3. The van der Waals surface area contributed by atoms with Gasteiger partial charge in [-0.15, -0.1) is 0 Å². The van der Waals surface area contributed by atoms with Gasteiger partial charge >= 0.3 is 6.09 Å². The van der Waals surface area contributed by atoms with Crippen LogP contribution in [0.5, 0.6) is 0 Å². The van der Waals surface area contributed by atoms with Crippen LogP contribution in [0, 0.1) is 0 Å². The number of imidazole rings is 1. The lowest BCUT2D eigenvalue weighted by atomic mass is 10.1. The van der Waals surface area contributed by atoms with Crippen molar-refractivity contribution in [3.05, 3.63) is 41.5 Å². The Morgan fingerprint density at radius 2 is 1.89 bits per heavy atom. The number of hydrogen-bond donors (Lipinski definition) is 0. The SMILES string of the molecule is CC(C)(C)OC(=O)N1CCC(n2cc(-c3ccc4ncc(Br)n4c3)cn2)CC1. The van der Waals surface area contributed by atoms with Gasteiger partial charge in [-0.25, -0.2) is 9.78 Å². The lowest BCUT2D eigenvalue weighted by Gasteiger charge is -2.33. The maximum atomic E-state index is 12.2. The molecule has 0 radical (unpaired) electrons. The summed E-state index contributed by atoms with van der Waals surface area (Å²) in [5.41, 5.74) is 2.59. The highest BCUT2D eigenvalue weighted by Crippen LogP contribution is 2.27. The summed E-state index contributed by atoms with van der Waals surface area (Å²) in [6, 6.07) is 4.34. The maximum Gasteiger partial charge on any atom is 0.410 e. The van der Waals surface area contributed by atoms with Crippen LogP contribution in [0.3, 0.4) is 0 Å². The minimum atomic E-state index is -0.462. The summed E-state index contributed by atoms with van der Waals surface area (Å²) in [5, 5.41) is 4.58. The molecule has 0 N–H and O–H groups in total. The van der Waals surface area contributed by atoms with Crippen molar-refractivity contribution < 1.29 is 9.53 Å². The molecule has 4 heterocycles. The van der Waals surface area contributed by atoms with E-state index in [4.69, 9.17) is 4.74 Å². The molecule has 0 spiro atoms. The number of fused-ring (bicyclic) bond motifs is 1. The first-order chi connectivity index (χ1) is 13.3. The number of ether oxygens (including phenoxy) is 1. The fraction of sp³-hybridized carbons (Fsp3) is 0.450. The Hall–Kier alpha value is -2.35. The number of pyridine rings is 1. The molecule has 1 saturated heterocycles. The number of aromatic nitrogens is 4. The third-order valence-electron chi connectivity index (χ3n) is 4.89. The van der Waals surface area contributed by atoms with Gasteiger partial charge in [-0.1, -0.05) is 0 Å². The number of halogens is 1. The number of nitrogens with zero attached hydrogens (tertiary/aromatic N) is 5. The van der Waals surface area contributed by atoms with E-state index in [2.05, 4.69) is 44.5 Å². The van der Waals surface area contributed by atoms with Crippen molar-refractivity contribution in [1.29, 1.82) is 0 Å². The molecule has 1 amide bonds. The molecule has 1 aliphatic heterocycles. The summed E-state index contributed by atoms with van der Waals surface area (Å²) in [6.45, 7) is 7.04. The van der Waals surface area contributed by atoms with Gasteiger partial charge in [-0.3, -0.25) is 9.08 Å². The lowest BCUT2D eigenvalue weighted by molar-refractivity contribution is 0.0185. The van der Waals surface area contributed by atoms with Gasteiger partial charge < -0.3 is 9.64 Å². The summed E-state index contributed by atoms with van der Waals surface area (Å²) in [7, 11) is 0. The van der Waals surface area contributed by atoms with Crippen molar-refractivity contribution >= 4 is 27.7 Å². The highest BCUT2D eigenvalue weighted by molar-refractivity contribution is 9.10. The largest absolute Gasteiger partial charge is 0.444 e. The van der Waals surface area contributed by atoms with E-state index >= 15 is 0 Å². The summed E-state index contributed by atoms with van der Waals surface area (Å²) in [6.07, 6.45) is 9.33. The van der Waals surface area contributed by atoms with Gasteiger partial charge in [-0.05, 0) is 61.7 Å². The minimum Gasteiger partial charge on any atom is -0.444 e. The van der Waals surface area contributed by atoms with Crippen LogP contribution in [0.15, 0.2) is 41.5 Å². The Morgan fingerprint density at radius 3 is 2.61 bits per heavy atom. The third-order valence-corrected chi connectivity index (χ3v) is 5.47. The molecule has 0 aromatic carbocycles. The van der Waals surface area contributed by atoms with E-state index in [1.807, 2.05) is 42.1 Å². The van der Waals surface area contributed by atoms with E-state index in [9.17, 15) is 4.79 Å². The molecule has 4 rings (SSSR count). The number of carbonyl (C=O) groups is 1. The van der Waals surface area contributed by atoms with Crippen LogP contribution in [-0.4, -0.2) is 48.8 Å². The predicted molar refractivity (Wildman–Crippen MR) is 110 cm³/mol. The van der Waals surface area contributed by atoms with E-state index in [1.165, 1.54) is 0 Å². The van der Waals surface area contributed by atoms with Crippen LogP contribution >= 0.6 is 15.9 Å². The van der Waals surface area contributed by atoms with Crippen molar-refractivity contribution in [2.24, 2.45) is 0 Å². The molecule has 3 aromatic rings. The fourth-order valence-electron chi connectivity index (χ4n) is 3.45. The van der Waals surface area contributed by atoms with Gasteiger partial charge in [0.1, 0.15) is 15.9 Å². The highest BCUT2D eigenvalue weighted by Gasteiger charge is 2.27. The average molecular weight is 446 g/mol. The lowest BCUT2D eigenvalue weighted by Crippen LogP contribution is -2.42. The van der Waals surface area contributed by atoms with E-state index < -0.39 is 5.60 Å². The zero-order valence-corrected chi connectivity index (χ0v) is 17.9. The number of piperidine rings is 1. The topological polar surface area (TPSA) is 64.7 Å². The first-order valence-electron chi connectivity index (χ1n) is 9.45. The first-order valence-corrected chi connectivity index (χ1v) is 10.2. The van der Waals surface area contributed by atoms with E-state index in [-0.39, 0.29) is 12.1 Å². The molecule has 28 heavy (non-hydrogen) atoms. The van der Waals surface area contributed by atoms with Gasteiger partial charge in [0.15, 0.2) is 0 Å². The number of hydrogen-bond acceptors (Lipinski definition) is 4. The minimum absolute atomic E-state index is 0.230. The second-order valence-corrected chi connectivity index (χ2v) is 8.95. The zero-order valence-electron chi connectivity index (χ0n) is 16.3. The van der Waals surface area contributed by atoms with Crippen molar-refractivity contribution in [1.82, 2.24) is 24.1 Å². The fourth-order valence-corrected chi connectivity index (χ4v) is 3.83. The van der Waals surface area contributed by atoms with Crippen LogP contribution in [0.25, 0.3) is 16.8 Å². The Labute approximate surface area is 172 Å². The van der Waals surface area contributed by atoms with E-state index in [0.717, 1.165) is 34.2 Å². The van der Waals surface area contributed by atoms with Crippen LogP contribution < -0.4 is 0 Å². The van der Waals surface area contributed by atoms with Gasteiger partial charge in [0, 0.05) is 36.6 Å². The van der Waals surface area contributed by atoms with Gasteiger partial charge in [0.05, 0.1) is 18.4 Å². The van der Waals surface area contributed by atoms with E-state index in [0.29, 0.717) is 13.1 Å². The summed E-state index contributed by atoms with van der Waals surface area (Å²) in [5.74, 6) is 0. The molecule has 7 nitrogen and oxygen atoms in total. The second kappa shape index (κ2) is 7.24. The number of amides is 1. The molecule has 1 aliphatic rings. The van der Waals surface area contributed by atoms with Crippen molar-refractivity contribution in [2.45, 2.75) is 45.3 Å². The molecule has 0 bridgehead atoms. The zero-order chi connectivity index (χ0) is 19.9. The standard InChI is InChI=1S/C20H24BrN5O2/c1-20(2,3)28-19(27)24-8-6-16(7-9-24)26-13-15(10-23-26)14-4-5-18-22-11-17(21)25(18)12-14/h4-5,10-13,16H,6-9H2,1-3H3. The molecular formula is C20H24BrN5O2. The molecule has 0 unspecified atom stereocenters. The molecule has 3 aromatic heterocycles. The number of likely N-dealkylation sites (tertiary alicyclic amines) is 1. The van der Waals surface area contributed by atoms with Crippen molar-refractivity contribution in [3.8, 4) is 11.1 Å². The molecule has 0 aliphatic carbocycles.